The number of rotatable bonds is 4. The van der Waals surface area contributed by atoms with Crippen molar-refractivity contribution in [3.63, 3.8) is 0 Å². The van der Waals surface area contributed by atoms with E-state index in [2.05, 4.69) is 67.4 Å². The quantitative estimate of drug-likeness (QED) is 0.889. The van der Waals surface area contributed by atoms with Gasteiger partial charge in [-0.1, -0.05) is 42.5 Å². The second-order valence-corrected chi connectivity index (χ2v) is 4.66. The number of hydrogen-bond acceptors (Lipinski definition) is 2. The molecule has 0 radical (unpaired) electrons. The molecule has 0 atom stereocenters. The van der Waals surface area contributed by atoms with Gasteiger partial charge in [0.25, 0.3) is 0 Å². The average molecular weight is 240 g/mol. The van der Waals surface area contributed by atoms with E-state index >= 15 is 0 Å². The zero-order valence-electron chi connectivity index (χ0n) is 11.1. The Kier molecular flexibility index (Phi) is 4.00. The summed E-state index contributed by atoms with van der Waals surface area (Å²) in [4.78, 5) is 2.27. The van der Waals surface area contributed by atoms with Crippen molar-refractivity contribution in [3.8, 4) is 0 Å². The maximum atomic E-state index is 5.60. The van der Waals surface area contributed by atoms with Crippen LogP contribution in [0.25, 0.3) is 0 Å². The molecule has 2 heteroatoms. The van der Waals surface area contributed by atoms with Gasteiger partial charge in [-0.2, -0.15) is 0 Å². The van der Waals surface area contributed by atoms with Crippen LogP contribution in [0.15, 0.2) is 48.5 Å². The highest BCUT2D eigenvalue weighted by molar-refractivity contribution is 5.52. The van der Waals surface area contributed by atoms with Crippen molar-refractivity contribution >= 4 is 5.69 Å². The molecule has 0 saturated carbocycles. The lowest BCUT2D eigenvalue weighted by atomic mass is 10.1. The smallest absolute Gasteiger partial charge is 0.0426 e. The first-order valence-corrected chi connectivity index (χ1v) is 6.25. The van der Waals surface area contributed by atoms with Gasteiger partial charge in [-0.3, -0.25) is 0 Å². The van der Waals surface area contributed by atoms with Gasteiger partial charge in [0.1, 0.15) is 0 Å². The lowest BCUT2D eigenvalue weighted by molar-refractivity contribution is 0.915. The summed E-state index contributed by atoms with van der Waals surface area (Å²) >= 11 is 0. The Bertz CT molecular complexity index is 503. The van der Waals surface area contributed by atoms with E-state index in [1.165, 1.54) is 22.4 Å². The predicted octanol–water partition coefficient (Wildman–Crippen LogP) is 3.09. The van der Waals surface area contributed by atoms with Crippen LogP contribution in [-0.2, 0) is 13.1 Å². The summed E-state index contributed by atoms with van der Waals surface area (Å²) in [7, 11) is 2.12. The van der Waals surface area contributed by atoms with E-state index in [-0.39, 0.29) is 0 Å². The van der Waals surface area contributed by atoms with E-state index in [1.807, 2.05) is 0 Å². The normalized spacial score (nSPS) is 10.4. The summed E-state index contributed by atoms with van der Waals surface area (Å²) in [5.74, 6) is 0. The molecule has 0 aliphatic heterocycles. The number of aryl methyl sites for hydroxylation is 1. The number of benzene rings is 2. The van der Waals surface area contributed by atoms with Gasteiger partial charge >= 0.3 is 0 Å². The molecule has 0 unspecified atom stereocenters. The fourth-order valence-electron chi connectivity index (χ4n) is 2.13. The van der Waals surface area contributed by atoms with E-state index < -0.39 is 0 Å². The van der Waals surface area contributed by atoms with Crippen LogP contribution >= 0.6 is 0 Å². The molecule has 2 aromatic carbocycles. The largest absolute Gasteiger partial charge is 0.370 e. The van der Waals surface area contributed by atoms with Crippen LogP contribution < -0.4 is 10.6 Å². The van der Waals surface area contributed by atoms with Crippen molar-refractivity contribution < 1.29 is 0 Å². The minimum atomic E-state index is 0.605. The Morgan fingerprint density at radius 1 is 0.944 bits per heavy atom. The van der Waals surface area contributed by atoms with Crippen molar-refractivity contribution in [3.05, 3.63) is 65.2 Å². The van der Waals surface area contributed by atoms with Crippen molar-refractivity contribution in [2.45, 2.75) is 20.0 Å². The van der Waals surface area contributed by atoms with Crippen molar-refractivity contribution in [2.24, 2.45) is 5.73 Å². The zero-order valence-corrected chi connectivity index (χ0v) is 11.1. The molecular formula is C16H20N2. The van der Waals surface area contributed by atoms with E-state index in [1.54, 1.807) is 0 Å². The SMILES string of the molecule is Cc1ccccc1N(C)Cc1ccc(CN)cc1. The Morgan fingerprint density at radius 2 is 1.56 bits per heavy atom. The Morgan fingerprint density at radius 3 is 2.17 bits per heavy atom. The first-order chi connectivity index (χ1) is 8.70. The van der Waals surface area contributed by atoms with E-state index in [9.17, 15) is 0 Å². The monoisotopic (exact) mass is 240 g/mol. The fourth-order valence-corrected chi connectivity index (χ4v) is 2.13. The van der Waals surface area contributed by atoms with Gasteiger partial charge in [-0.05, 0) is 29.7 Å². The summed E-state index contributed by atoms with van der Waals surface area (Å²) in [5, 5.41) is 0. The van der Waals surface area contributed by atoms with Crippen LogP contribution in [0.2, 0.25) is 0 Å². The minimum absolute atomic E-state index is 0.605. The van der Waals surface area contributed by atoms with Crippen LogP contribution in [0.4, 0.5) is 5.69 Å². The summed E-state index contributed by atoms with van der Waals surface area (Å²) in [6.07, 6.45) is 0. The molecule has 94 valence electrons. The lowest BCUT2D eigenvalue weighted by Crippen LogP contribution is -2.17. The standard InChI is InChI=1S/C16H20N2/c1-13-5-3-4-6-16(13)18(2)12-15-9-7-14(11-17)8-10-15/h3-10H,11-12,17H2,1-2H3. The van der Waals surface area contributed by atoms with Crippen LogP contribution in [-0.4, -0.2) is 7.05 Å². The fraction of sp³-hybridized carbons (Fsp3) is 0.250. The molecule has 0 aliphatic rings. The second-order valence-electron chi connectivity index (χ2n) is 4.66. The molecule has 0 bridgehead atoms. The third-order valence-electron chi connectivity index (χ3n) is 3.21. The molecule has 0 heterocycles. The molecular weight excluding hydrogens is 220 g/mol. The second kappa shape index (κ2) is 5.69. The highest BCUT2D eigenvalue weighted by atomic mass is 15.1. The van der Waals surface area contributed by atoms with Crippen LogP contribution in [0, 0.1) is 6.92 Å². The van der Waals surface area contributed by atoms with Gasteiger partial charge in [0.15, 0.2) is 0 Å². The minimum Gasteiger partial charge on any atom is -0.370 e. The average Bonchev–Trinajstić information content (AvgIpc) is 2.40. The highest BCUT2D eigenvalue weighted by Gasteiger charge is 2.04. The molecule has 2 aromatic rings. The lowest BCUT2D eigenvalue weighted by Gasteiger charge is -2.21. The molecule has 0 spiro atoms. The summed E-state index contributed by atoms with van der Waals surface area (Å²) < 4.78 is 0. The Balaban J connectivity index is 2.11. The first-order valence-electron chi connectivity index (χ1n) is 6.25. The topological polar surface area (TPSA) is 29.3 Å². The number of anilines is 1. The molecule has 0 fully saturated rings. The highest BCUT2D eigenvalue weighted by Crippen LogP contribution is 2.19. The molecule has 2 N–H and O–H groups in total. The summed E-state index contributed by atoms with van der Waals surface area (Å²) in [6, 6.07) is 16.9. The van der Waals surface area contributed by atoms with Crippen LogP contribution in [0.1, 0.15) is 16.7 Å². The first kappa shape index (κ1) is 12.7. The van der Waals surface area contributed by atoms with Crippen molar-refractivity contribution in [1.82, 2.24) is 0 Å². The van der Waals surface area contributed by atoms with E-state index in [0.717, 1.165) is 6.54 Å². The van der Waals surface area contributed by atoms with Gasteiger partial charge in [-0.25, -0.2) is 0 Å². The van der Waals surface area contributed by atoms with Crippen LogP contribution in [0.3, 0.4) is 0 Å². The van der Waals surface area contributed by atoms with E-state index in [0.29, 0.717) is 6.54 Å². The third-order valence-corrected chi connectivity index (χ3v) is 3.21. The molecule has 18 heavy (non-hydrogen) atoms. The predicted molar refractivity (Wildman–Crippen MR) is 77.6 cm³/mol. The Hall–Kier alpha value is -1.80. The van der Waals surface area contributed by atoms with Gasteiger partial charge in [0.05, 0.1) is 0 Å². The summed E-state index contributed by atoms with van der Waals surface area (Å²) in [5.41, 5.74) is 10.7. The number of hydrogen-bond donors (Lipinski definition) is 1. The molecule has 2 nitrogen and oxygen atoms in total. The molecule has 0 amide bonds. The zero-order chi connectivity index (χ0) is 13.0. The molecule has 2 rings (SSSR count). The molecule has 0 aromatic heterocycles. The van der Waals surface area contributed by atoms with Gasteiger partial charge < -0.3 is 10.6 Å². The number of para-hydroxylation sites is 1. The molecule has 0 aliphatic carbocycles. The maximum Gasteiger partial charge on any atom is 0.0426 e. The van der Waals surface area contributed by atoms with E-state index in [4.69, 9.17) is 5.73 Å². The number of nitrogens with zero attached hydrogens (tertiary/aromatic N) is 1. The third kappa shape index (κ3) is 2.90. The van der Waals surface area contributed by atoms with Gasteiger partial charge in [0.2, 0.25) is 0 Å². The van der Waals surface area contributed by atoms with Gasteiger partial charge in [-0.15, -0.1) is 0 Å². The Labute approximate surface area is 109 Å². The number of nitrogens with two attached hydrogens (primary N) is 1. The van der Waals surface area contributed by atoms with Crippen molar-refractivity contribution in [1.29, 1.82) is 0 Å². The van der Waals surface area contributed by atoms with Crippen LogP contribution in [0.5, 0.6) is 0 Å². The van der Waals surface area contributed by atoms with Gasteiger partial charge in [0, 0.05) is 25.8 Å². The molecule has 0 saturated heterocycles. The summed E-state index contributed by atoms with van der Waals surface area (Å²) in [6.45, 7) is 3.66. The van der Waals surface area contributed by atoms with Crippen molar-refractivity contribution in [2.75, 3.05) is 11.9 Å². The maximum absolute atomic E-state index is 5.60.